The zero-order valence-electron chi connectivity index (χ0n) is 15.0. The zero-order chi connectivity index (χ0) is 18.0. The molecule has 0 spiro atoms. The van der Waals surface area contributed by atoms with Crippen LogP contribution >= 0.6 is 0 Å². The van der Waals surface area contributed by atoms with Crippen molar-refractivity contribution < 1.29 is 9.48 Å². The van der Waals surface area contributed by atoms with Gasteiger partial charge in [-0.05, 0) is 61.0 Å². The Morgan fingerprint density at radius 2 is 1.72 bits per heavy atom. The molecular formula is C21H22N3O+. The number of benzene rings is 2. The van der Waals surface area contributed by atoms with Crippen LogP contribution in [0.5, 0.6) is 0 Å². The number of nitrogens with one attached hydrogen (secondary N) is 1. The van der Waals surface area contributed by atoms with Crippen LogP contribution in [0.1, 0.15) is 39.8 Å². The molecule has 2 aromatic carbocycles. The molecule has 4 nitrogen and oxygen atoms in total. The van der Waals surface area contributed by atoms with Gasteiger partial charge in [0.1, 0.15) is 0 Å². The van der Waals surface area contributed by atoms with Gasteiger partial charge in [0, 0.05) is 0 Å². The summed E-state index contributed by atoms with van der Waals surface area (Å²) in [7, 11) is 0. The molecule has 0 saturated carbocycles. The van der Waals surface area contributed by atoms with Crippen molar-refractivity contribution in [2.45, 2.75) is 27.7 Å². The van der Waals surface area contributed by atoms with Crippen LogP contribution in [0.25, 0.3) is 11.3 Å². The van der Waals surface area contributed by atoms with Gasteiger partial charge in [0.25, 0.3) is 5.78 Å². The molecule has 25 heavy (non-hydrogen) atoms. The molecule has 0 amide bonds. The number of aromatic nitrogens is 3. The Balaban J connectivity index is 2.02. The van der Waals surface area contributed by atoms with Gasteiger partial charge in [-0.1, -0.05) is 48.0 Å². The topological polar surface area (TPSA) is 49.6 Å². The van der Waals surface area contributed by atoms with E-state index in [0.717, 1.165) is 28.0 Å². The van der Waals surface area contributed by atoms with Crippen molar-refractivity contribution in [2.24, 2.45) is 0 Å². The lowest BCUT2D eigenvalue weighted by molar-refractivity contribution is -0.659. The predicted octanol–water partition coefficient (Wildman–Crippen LogP) is 3.90. The first kappa shape index (κ1) is 16.8. The first-order valence-electron chi connectivity index (χ1n) is 8.29. The molecule has 1 heterocycles. The van der Waals surface area contributed by atoms with Crippen molar-refractivity contribution in [3.8, 4) is 5.69 Å². The van der Waals surface area contributed by atoms with E-state index < -0.39 is 0 Å². The Morgan fingerprint density at radius 3 is 2.36 bits per heavy atom. The molecule has 3 aromatic rings. The minimum Gasteiger partial charge on any atom is -0.280 e. The van der Waals surface area contributed by atoms with Crippen LogP contribution < -0.4 is 4.68 Å². The summed E-state index contributed by atoms with van der Waals surface area (Å²) in [5.74, 6) is 0.257. The zero-order valence-corrected chi connectivity index (χ0v) is 15.0. The molecule has 4 heteroatoms. The number of carbonyl (C=O) groups excluding carboxylic acids is 1. The summed E-state index contributed by atoms with van der Waals surface area (Å²) in [5.41, 5.74) is 6.32. The number of H-pyrrole nitrogens is 1. The highest BCUT2D eigenvalue weighted by Gasteiger charge is 2.25. The van der Waals surface area contributed by atoms with Crippen LogP contribution in [-0.4, -0.2) is 15.9 Å². The number of hydrogen-bond acceptors (Lipinski definition) is 2. The van der Waals surface area contributed by atoms with Crippen molar-refractivity contribution in [1.82, 2.24) is 10.1 Å². The Kier molecular flexibility index (Phi) is 4.61. The van der Waals surface area contributed by atoms with Crippen molar-refractivity contribution in [3.63, 3.8) is 0 Å². The number of ketones is 1. The molecule has 0 atom stereocenters. The highest BCUT2D eigenvalue weighted by Crippen LogP contribution is 2.17. The van der Waals surface area contributed by atoms with Gasteiger partial charge in [0.15, 0.2) is 5.69 Å². The Hall–Kier alpha value is -3.01. The third-order valence-electron chi connectivity index (χ3n) is 4.24. The monoisotopic (exact) mass is 332 g/mol. The van der Waals surface area contributed by atoms with Gasteiger partial charge < -0.3 is 0 Å². The maximum atomic E-state index is 12.8. The minimum absolute atomic E-state index is 0.123. The van der Waals surface area contributed by atoms with Crippen molar-refractivity contribution >= 4 is 11.4 Å². The molecule has 0 bridgehead atoms. The van der Waals surface area contributed by atoms with Gasteiger partial charge in [-0.3, -0.25) is 4.79 Å². The van der Waals surface area contributed by atoms with Gasteiger partial charge >= 0.3 is 5.82 Å². The summed E-state index contributed by atoms with van der Waals surface area (Å²) < 4.78 is 1.77. The second-order valence-electron chi connectivity index (χ2n) is 6.35. The summed E-state index contributed by atoms with van der Waals surface area (Å²) in [4.78, 5) is 17.1. The molecule has 0 aliphatic carbocycles. The fourth-order valence-electron chi connectivity index (χ4n) is 3.18. The third kappa shape index (κ3) is 3.43. The molecule has 1 N–H and O–H groups in total. The maximum Gasteiger partial charge on any atom is 0.396 e. The summed E-state index contributed by atoms with van der Waals surface area (Å²) in [6.07, 6.45) is 3.19. The molecule has 0 saturated heterocycles. The lowest BCUT2D eigenvalue weighted by atomic mass is 10.0. The predicted molar refractivity (Wildman–Crippen MR) is 98.8 cm³/mol. The van der Waals surface area contributed by atoms with Crippen LogP contribution in [0.2, 0.25) is 0 Å². The van der Waals surface area contributed by atoms with Crippen LogP contribution in [0.15, 0.2) is 54.9 Å². The third-order valence-corrected chi connectivity index (χ3v) is 4.24. The Labute approximate surface area is 147 Å². The maximum absolute atomic E-state index is 12.8. The minimum atomic E-state index is -0.123. The highest BCUT2D eigenvalue weighted by atomic mass is 16.1. The van der Waals surface area contributed by atoms with Crippen molar-refractivity contribution in [1.29, 1.82) is 0 Å². The molecule has 1 aromatic heterocycles. The quantitative estimate of drug-likeness (QED) is 0.447. The number of allylic oxidation sites excluding steroid dienone is 2. The first-order chi connectivity index (χ1) is 12.0. The molecule has 0 radical (unpaired) electrons. The van der Waals surface area contributed by atoms with E-state index in [4.69, 9.17) is 0 Å². The number of aryl methyl sites for hydroxylation is 3. The number of aromatic amines is 1. The van der Waals surface area contributed by atoms with Crippen LogP contribution in [-0.2, 0) is 0 Å². The molecule has 3 rings (SSSR count). The summed E-state index contributed by atoms with van der Waals surface area (Å²) in [5, 5.41) is 3.07. The van der Waals surface area contributed by atoms with Gasteiger partial charge in [-0.2, -0.15) is 5.10 Å². The van der Waals surface area contributed by atoms with E-state index >= 15 is 0 Å². The molecular weight excluding hydrogens is 310 g/mol. The molecule has 0 unspecified atom stereocenters. The standard InChI is InChI=1S/C21H21N3O/c1-14-10-16(3)20(17(4)11-14)24-21(22-13-23-24)19(25)12-15(2)18-8-6-5-7-9-18/h5-13H,1-4H3/p+1/b15-12+. The fourth-order valence-corrected chi connectivity index (χ4v) is 3.18. The normalized spacial score (nSPS) is 11.6. The number of nitrogens with zero attached hydrogens (tertiary/aromatic N) is 2. The smallest absolute Gasteiger partial charge is 0.280 e. The molecule has 126 valence electrons. The first-order valence-corrected chi connectivity index (χ1v) is 8.29. The molecule has 0 fully saturated rings. The second-order valence-corrected chi connectivity index (χ2v) is 6.35. The second kappa shape index (κ2) is 6.85. The van der Waals surface area contributed by atoms with E-state index in [2.05, 4.69) is 29.1 Å². The van der Waals surface area contributed by atoms with E-state index in [9.17, 15) is 4.79 Å². The highest BCUT2D eigenvalue weighted by molar-refractivity contribution is 6.05. The van der Waals surface area contributed by atoms with E-state index in [-0.39, 0.29) is 5.78 Å². The van der Waals surface area contributed by atoms with E-state index in [1.165, 1.54) is 5.56 Å². The average molecular weight is 332 g/mol. The molecule has 0 aliphatic heterocycles. The Bertz CT molecular complexity index is 929. The Morgan fingerprint density at radius 1 is 1.08 bits per heavy atom. The van der Waals surface area contributed by atoms with E-state index in [0.29, 0.717) is 5.82 Å². The summed E-state index contributed by atoms with van der Waals surface area (Å²) in [6.45, 7) is 8.09. The van der Waals surface area contributed by atoms with Crippen LogP contribution in [0.3, 0.4) is 0 Å². The largest absolute Gasteiger partial charge is 0.396 e. The van der Waals surface area contributed by atoms with E-state index in [1.54, 1.807) is 17.1 Å². The number of carbonyl (C=O) groups is 1. The number of hydrogen-bond donors (Lipinski definition) is 1. The van der Waals surface area contributed by atoms with Gasteiger partial charge in [-0.25, -0.2) is 0 Å². The van der Waals surface area contributed by atoms with Gasteiger partial charge in [-0.15, -0.1) is 4.68 Å². The van der Waals surface area contributed by atoms with Gasteiger partial charge in [0.05, 0.1) is 0 Å². The SMILES string of the molecule is C/C(=C\C(=O)c1nc[nH][n+]1-c1c(C)cc(C)cc1C)c1ccccc1. The lowest BCUT2D eigenvalue weighted by Gasteiger charge is -2.07. The molecule has 0 aliphatic rings. The lowest BCUT2D eigenvalue weighted by Crippen LogP contribution is -2.40. The van der Waals surface area contributed by atoms with Crippen molar-refractivity contribution in [3.05, 3.63) is 82.9 Å². The summed E-state index contributed by atoms with van der Waals surface area (Å²) >= 11 is 0. The average Bonchev–Trinajstić information content (AvgIpc) is 3.04. The van der Waals surface area contributed by atoms with Crippen molar-refractivity contribution in [2.75, 3.05) is 0 Å². The fraction of sp³-hybridized carbons (Fsp3) is 0.190. The van der Waals surface area contributed by atoms with E-state index in [1.807, 2.05) is 51.1 Å². The van der Waals surface area contributed by atoms with Crippen LogP contribution in [0.4, 0.5) is 0 Å². The number of rotatable bonds is 4. The summed E-state index contributed by atoms with van der Waals surface area (Å²) in [6, 6.07) is 14.1. The van der Waals surface area contributed by atoms with Gasteiger partial charge in [0.2, 0.25) is 6.33 Å². The van der Waals surface area contributed by atoms with Crippen LogP contribution in [0, 0.1) is 20.8 Å².